The number of nitrogen functional groups attached to an aromatic ring is 1. The van der Waals surface area contributed by atoms with E-state index in [1.807, 2.05) is 0 Å². The molecule has 0 saturated carbocycles. The lowest BCUT2D eigenvalue weighted by atomic mass is 10.2. The van der Waals surface area contributed by atoms with Crippen molar-refractivity contribution in [2.45, 2.75) is 0 Å². The fraction of sp³-hybridized carbons (Fsp3) is 0.500. The molecule has 3 N–H and O–H groups in total. The van der Waals surface area contributed by atoms with Crippen molar-refractivity contribution < 1.29 is 9.53 Å². The lowest BCUT2D eigenvalue weighted by Crippen LogP contribution is -2.47. The van der Waals surface area contributed by atoms with E-state index in [9.17, 15) is 4.79 Å². The number of hydrogen-bond acceptors (Lipinski definition) is 5. The van der Waals surface area contributed by atoms with Gasteiger partial charge in [0.15, 0.2) is 0 Å². The molecule has 2 rings (SSSR count). The zero-order valence-corrected chi connectivity index (χ0v) is 12.1. The van der Waals surface area contributed by atoms with Gasteiger partial charge in [-0.1, -0.05) is 0 Å². The first-order valence-electron chi connectivity index (χ1n) is 6.73. The Balaban J connectivity index is 1.86. The highest BCUT2D eigenvalue weighted by atomic mass is 16.5. The molecule has 6 nitrogen and oxygen atoms in total. The average Bonchev–Trinajstić information content (AvgIpc) is 2.41. The van der Waals surface area contributed by atoms with Crippen molar-refractivity contribution in [1.82, 2.24) is 9.80 Å². The van der Waals surface area contributed by atoms with Gasteiger partial charge in [-0.3, -0.25) is 9.69 Å². The Bertz CT molecular complexity index is 470. The summed E-state index contributed by atoms with van der Waals surface area (Å²) < 4.78 is 5.09. The molecule has 1 saturated heterocycles. The maximum atomic E-state index is 12.0. The topological polar surface area (TPSA) is 70.8 Å². The molecule has 1 aromatic rings. The Morgan fingerprint density at radius 2 is 2.05 bits per heavy atom. The maximum absolute atomic E-state index is 12.0. The second-order valence-corrected chi connectivity index (χ2v) is 5.08. The maximum Gasteiger partial charge on any atom is 0.238 e. The van der Waals surface area contributed by atoms with Crippen LogP contribution in [0.25, 0.3) is 0 Å². The second-order valence-electron chi connectivity index (χ2n) is 5.08. The smallest absolute Gasteiger partial charge is 0.238 e. The first-order valence-corrected chi connectivity index (χ1v) is 6.73. The fourth-order valence-corrected chi connectivity index (χ4v) is 2.22. The van der Waals surface area contributed by atoms with Crippen LogP contribution >= 0.6 is 0 Å². The molecule has 110 valence electrons. The summed E-state index contributed by atoms with van der Waals surface area (Å²) in [5, 5.41) is 2.86. The first kappa shape index (κ1) is 14.6. The minimum absolute atomic E-state index is 0.0147. The Labute approximate surface area is 119 Å². The van der Waals surface area contributed by atoms with E-state index < -0.39 is 0 Å². The van der Waals surface area contributed by atoms with Gasteiger partial charge in [0, 0.05) is 31.9 Å². The number of carbonyl (C=O) groups excluding carboxylic acids is 1. The van der Waals surface area contributed by atoms with E-state index >= 15 is 0 Å². The van der Waals surface area contributed by atoms with E-state index in [0.717, 1.165) is 26.2 Å². The molecule has 1 aliphatic rings. The Morgan fingerprint density at radius 1 is 1.35 bits per heavy atom. The monoisotopic (exact) mass is 278 g/mol. The van der Waals surface area contributed by atoms with Gasteiger partial charge in [0.05, 0.1) is 19.3 Å². The fourth-order valence-electron chi connectivity index (χ4n) is 2.22. The number of likely N-dealkylation sites (N-methyl/N-ethyl adjacent to an activating group) is 1. The third kappa shape index (κ3) is 3.85. The molecule has 0 aromatic heterocycles. The van der Waals surface area contributed by atoms with Crippen LogP contribution in [0.4, 0.5) is 11.4 Å². The van der Waals surface area contributed by atoms with Crippen LogP contribution in [0.3, 0.4) is 0 Å². The third-order valence-corrected chi connectivity index (χ3v) is 3.48. The third-order valence-electron chi connectivity index (χ3n) is 3.48. The number of anilines is 2. The minimum Gasteiger partial charge on any atom is -0.495 e. The number of piperazine rings is 1. The van der Waals surface area contributed by atoms with E-state index in [-0.39, 0.29) is 5.91 Å². The molecule has 1 fully saturated rings. The van der Waals surface area contributed by atoms with E-state index in [0.29, 0.717) is 23.7 Å². The van der Waals surface area contributed by atoms with E-state index in [4.69, 9.17) is 10.5 Å². The summed E-state index contributed by atoms with van der Waals surface area (Å²) >= 11 is 0. The molecule has 0 radical (unpaired) electrons. The summed E-state index contributed by atoms with van der Waals surface area (Å²) in [4.78, 5) is 16.4. The quantitative estimate of drug-likeness (QED) is 0.783. The molecule has 0 aliphatic carbocycles. The lowest BCUT2D eigenvalue weighted by Gasteiger charge is -2.31. The molecule has 1 aliphatic heterocycles. The van der Waals surface area contributed by atoms with Gasteiger partial charge in [-0.15, -0.1) is 0 Å². The molecular weight excluding hydrogens is 256 g/mol. The highest BCUT2D eigenvalue weighted by molar-refractivity contribution is 5.92. The van der Waals surface area contributed by atoms with Gasteiger partial charge in [0.25, 0.3) is 0 Å². The predicted molar refractivity (Wildman–Crippen MR) is 80.0 cm³/mol. The number of hydrogen-bond donors (Lipinski definition) is 2. The first-order chi connectivity index (χ1) is 9.58. The van der Waals surface area contributed by atoms with Crippen molar-refractivity contribution in [1.29, 1.82) is 0 Å². The number of rotatable bonds is 4. The Morgan fingerprint density at radius 3 is 2.65 bits per heavy atom. The van der Waals surface area contributed by atoms with Crippen LogP contribution in [-0.4, -0.2) is 62.6 Å². The second kappa shape index (κ2) is 6.58. The number of carbonyl (C=O) groups is 1. The average molecular weight is 278 g/mol. The van der Waals surface area contributed by atoms with Gasteiger partial charge in [-0.25, -0.2) is 0 Å². The van der Waals surface area contributed by atoms with Crippen molar-refractivity contribution in [3.8, 4) is 5.75 Å². The SMILES string of the molecule is COc1ccc(NC(=O)CN2CCN(C)CC2)cc1N. The van der Waals surface area contributed by atoms with Crippen LogP contribution in [0, 0.1) is 0 Å². The molecule has 1 heterocycles. The Hall–Kier alpha value is -1.79. The molecule has 6 heteroatoms. The minimum atomic E-state index is -0.0147. The van der Waals surface area contributed by atoms with Crippen molar-refractivity contribution in [2.24, 2.45) is 0 Å². The summed E-state index contributed by atoms with van der Waals surface area (Å²) in [5.41, 5.74) is 7.03. The van der Waals surface area contributed by atoms with Crippen LogP contribution < -0.4 is 15.8 Å². The normalized spacial score (nSPS) is 16.9. The summed E-state index contributed by atoms with van der Waals surface area (Å²) in [7, 11) is 3.66. The highest BCUT2D eigenvalue weighted by Gasteiger charge is 2.16. The summed E-state index contributed by atoms with van der Waals surface area (Å²) in [6.45, 7) is 4.27. The zero-order chi connectivity index (χ0) is 14.5. The molecular formula is C14H22N4O2. The van der Waals surface area contributed by atoms with Crippen molar-refractivity contribution in [2.75, 3.05) is 57.9 Å². The number of nitrogens with zero attached hydrogens (tertiary/aromatic N) is 2. The van der Waals surface area contributed by atoms with Crippen molar-refractivity contribution >= 4 is 17.3 Å². The number of ether oxygens (including phenoxy) is 1. The molecule has 1 amide bonds. The predicted octanol–water partition coefficient (Wildman–Crippen LogP) is 0.463. The molecule has 0 spiro atoms. The lowest BCUT2D eigenvalue weighted by molar-refractivity contribution is -0.117. The number of nitrogens with two attached hydrogens (primary N) is 1. The van der Waals surface area contributed by atoms with Gasteiger partial charge >= 0.3 is 0 Å². The number of methoxy groups -OCH3 is 1. The summed E-state index contributed by atoms with van der Waals surface area (Å²) in [6, 6.07) is 5.25. The van der Waals surface area contributed by atoms with Crippen LogP contribution in [0.2, 0.25) is 0 Å². The molecule has 20 heavy (non-hydrogen) atoms. The molecule has 0 bridgehead atoms. The van der Waals surface area contributed by atoms with Crippen LogP contribution in [-0.2, 0) is 4.79 Å². The summed E-state index contributed by atoms with van der Waals surface area (Å²) in [5.74, 6) is 0.598. The molecule has 0 unspecified atom stereocenters. The largest absolute Gasteiger partial charge is 0.495 e. The van der Waals surface area contributed by atoms with Crippen LogP contribution in [0.5, 0.6) is 5.75 Å². The van der Waals surface area contributed by atoms with E-state index in [1.54, 1.807) is 25.3 Å². The van der Waals surface area contributed by atoms with Gasteiger partial charge in [0.2, 0.25) is 5.91 Å². The van der Waals surface area contributed by atoms with Crippen molar-refractivity contribution in [3.05, 3.63) is 18.2 Å². The molecule has 0 atom stereocenters. The van der Waals surface area contributed by atoms with E-state index in [1.165, 1.54) is 0 Å². The molecule has 1 aromatic carbocycles. The number of amides is 1. The van der Waals surface area contributed by atoms with E-state index in [2.05, 4.69) is 22.2 Å². The van der Waals surface area contributed by atoms with Gasteiger partial charge in [-0.05, 0) is 25.2 Å². The standard InChI is InChI=1S/C14H22N4O2/c1-17-5-7-18(8-6-17)10-14(19)16-11-3-4-13(20-2)12(15)9-11/h3-4,9H,5-8,10,15H2,1-2H3,(H,16,19). The number of benzene rings is 1. The number of nitrogens with one attached hydrogen (secondary N) is 1. The highest BCUT2D eigenvalue weighted by Crippen LogP contribution is 2.24. The Kier molecular flexibility index (Phi) is 4.81. The zero-order valence-electron chi connectivity index (χ0n) is 12.1. The summed E-state index contributed by atoms with van der Waals surface area (Å²) in [6.07, 6.45) is 0. The van der Waals surface area contributed by atoms with Gasteiger partial charge in [0.1, 0.15) is 5.75 Å². The van der Waals surface area contributed by atoms with Crippen LogP contribution in [0.1, 0.15) is 0 Å². The van der Waals surface area contributed by atoms with Crippen molar-refractivity contribution in [3.63, 3.8) is 0 Å². The van der Waals surface area contributed by atoms with Crippen LogP contribution in [0.15, 0.2) is 18.2 Å². The van der Waals surface area contributed by atoms with Gasteiger partial charge < -0.3 is 20.7 Å². The van der Waals surface area contributed by atoms with Gasteiger partial charge in [-0.2, -0.15) is 0 Å².